The van der Waals surface area contributed by atoms with E-state index in [2.05, 4.69) is 15.4 Å². The van der Waals surface area contributed by atoms with Crippen molar-refractivity contribution in [1.29, 1.82) is 5.26 Å². The van der Waals surface area contributed by atoms with E-state index >= 15 is 0 Å². The summed E-state index contributed by atoms with van der Waals surface area (Å²) < 4.78 is 6.82. The fourth-order valence-corrected chi connectivity index (χ4v) is 2.93. The van der Waals surface area contributed by atoms with Crippen LogP contribution in [0.3, 0.4) is 0 Å². The van der Waals surface area contributed by atoms with E-state index in [9.17, 15) is 9.59 Å². The molecule has 1 aromatic carbocycles. The number of halogens is 1. The van der Waals surface area contributed by atoms with Gasteiger partial charge in [-0.15, -0.1) is 0 Å². The van der Waals surface area contributed by atoms with Crippen LogP contribution in [0.15, 0.2) is 42.5 Å². The Morgan fingerprint density at radius 3 is 2.63 bits per heavy atom. The van der Waals surface area contributed by atoms with Gasteiger partial charge < -0.3 is 10.1 Å². The Labute approximate surface area is 178 Å². The lowest BCUT2D eigenvalue weighted by Gasteiger charge is -2.15. The Kier molecular flexibility index (Phi) is 6.14. The number of benzene rings is 1. The summed E-state index contributed by atoms with van der Waals surface area (Å²) in [5.74, 6) is -1.03. The molecule has 3 rings (SSSR count). The van der Waals surface area contributed by atoms with Crippen LogP contribution in [-0.2, 0) is 9.53 Å². The maximum atomic E-state index is 12.6. The first-order valence-electron chi connectivity index (χ1n) is 9.01. The number of esters is 1. The molecule has 0 spiro atoms. The van der Waals surface area contributed by atoms with Crippen molar-refractivity contribution in [2.45, 2.75) is 26.9 Å². The highest BCUT2D eigenvalue weighted by atomic mass is 35.5. The average Bonchev–Trinajstić information content (AvgIpc) is 3.06. The summed E-state index contributed by atoms with van der Waals surface area (Å²) in [6, 6.07) is 13.5. The number of anilines is 1. The third-order valence-corrected chi connectivity index (χ3v) is 4.51. The molecule has 0 saturated carbocycles. The fourth-order valence-electron chi connectivity index (χ4n) is 2.75. The van der Waals surface area contributed by atoms with E-state index in [0.29, 0.717) is 17.1 Å². The van der Waals surface area contributed by atoms with Crippen molar-refractivity contribution >= 4 is 29.2 Å². The number of carbonyl (C=O) groups is 2. The summed E-state index contributed by atoms with van der Waals surface area (Å²) in [6.45, 7) is 5.13. The Morgan fingerprint density at radius 2 is 1.97 bits per heavy atom. The number of amides is 1. The van der Waals surface area contributed by atoms with E-state index in [0.717, 1.165) is 11.4 Å². The molecule has 152 valence electrons. The van der Waals surface area contributed by atoms with Crippen molar-refractivity contribution in [3.05, 3.63) is 70.1 Å². The van der Waals surface area contributed by atoms with Crippen LogP contribution in [-0.4, -0.2) is 32.7 Å². The second-order valence-corrected chi connectivity index (χ2v) is 6.94. The van der Waals surface area contributed by atoms with Crippen LogP contribution >= 0.6 is 11.6 Å². The summed E-state index contributed by atoms with van der Waals surface area (Å²) in [4.78, 5) is 29.3. The molecular formula is C21H18ClN5O3. The van der Waals surface area contributed by atoms with Crippen molar-refractivity contribution < 1.29 is 14.3 Å². The molecule has 0 saturated heterocycles. The van der Waals surface area contributed by atoms with Crippen LogP contribution in [0, 0.1) is 25.2 Å². The zero-order chi connectivity index (χ0) is 21.8. The second kappa shape index (κ2) is 8.76. The van der Waals surface area contributed by atoms with E-state index in [1.165, 1.54) is 13.0 Å². The number of ether oxygens (including phenoxy) is 1. The zero-order valence-corrected chi connectivity index (χ0v) is 17.3. The molecular weight excluding hydrogens is 406 g/mol. The molecule has 0 aliphatic rings. The van der Waals surface area contributed by atoms with E-state index in [4.69, 9.17) is 21.6 Å². The molecule has 0 aliphatic carbocycles. The van der Waals surface area contributed by atoms with Crippen LogP contribution in [0.2, 0.25) is 5.02 Å². The zero-order valence-electron chi connectivity index (χ0n) is 16.5. The van der Waals surface area contributed by atoms with Crippen molar-refractivity contribution in [1.82, 2.24) is 14.8 Å². The first-order valence-corrected chi connectivity index (χ1v) is 9.39. The highest BCUT2D eigenvalue weighted by Crippen LogP contribution is 2.20. The smallest absolute Gasteiger partial charge is 0.359 e. The third kappa shape index (κ3) is 4.47. The molecule has 8 nitrogen and oxygen atoms in total. The van der Waals surface area contributed by atoms with Gasteiger partial charge in [-0.1, -0.05) is 23.7 Å². The Hall–Kier alpha value is -3.70. The number of carbonyl (C=O) groups excluding carboxylic acids is 2. The normalized spacial score (nSPS) is 11.4. The number of hydrogen-bond acceptors (Lipinski definition) is 6. The highest BCUT2D eigenvalue weighted by molar-refractivity contribution is 6.33. The van der Waals surface area contributed by atoms with Crippen molar-refractivity contribution in [2.24, 2.45) is 0 Å². The Morgan fingerprint density at radius 1 is 1.23 bits per heavy atom. The van der Waals surface area contributed by atoms with E-state index < -0.39 is 18.0 Å². The molecule has 9 heteroatoms. The van der Waals surface area contributed by atoms with Gasteiger partial charge >= 0.3 is 5.97 Å². The standard InChI is InChI=1S/C21H18ClN5O3/c1-12-10-13(2)27(26-12)18-9-8-16(22)19(25-18)21(29)30-14(3)20(28)24-17-7-5-4-6-15(17)11-23/h4-10,14H,1-3H3,(H,24,28). The summed E-state index contributed by atoms with van der Waals surface area (Å²) in [6.07, 6.45) is -1.14. The number of nitriles is 1. The molecule has 2 aromatic heterocycles. The van der Waals surface area contributed by atoms with Gasteiger partial charge in [0, 0.05) is 5.69 Å². The van der Waals surface area contributed by atoms with Gasteiger partial charge in [0.05, 0.1) is 22.0 Å². The molecule has 3 aromatic rings. The predicted molar refractivity (Wildman–Crippen MR) is 111 cm³/mol. The van der Waals surface area contributed by atoms with Crippen LogP contribution in [0.5, 0.6) is 0 Å². The number of pyridine rings is 1. The van der Waals surface area contributed by atoms with Gasteiger partial charge in [-0.2, -0.15) is 10.4 Å². The minimum absolute atomic E-state index is 0.0905. The summed E-state index contributed by atoms with van der Waals surface area (Å²) in [7, 11) is 0. The molecule has 1 N–H and O–H groups in total. The number of aromatic nitrogens is 3. The predicted octanol–water partition coefficient (Wildman–Crippen LogP) is 3.59. The number of aryl methyl sites for hydroxylation is 2. The topological polar surface area (TPSA) is 110 Å². The lowest BCUT2D eigenvalue weighted by molar-refractivity contribution is -0.123. The van der Waals surface area contributed by atoms with E-state index in [1.54, 1.807) is 35.0 Å². The lowest BCUT2D eigenvalue weighted by atomic mass is 10.2. The Bertz CT molecular complexity index is 1170. The largest absolute Gasteiger partial charge is 0.448 e. The molecule has 0 radical (unpaired) electrons. The maximum Gasteiger partial charge on any atom is 0.359 e. The molecule has 0 fully saturated rings. The van der Waals surface area contributed by atoms with Gasteiger partial charge in [0.25, 0.3) is 5.91 Å². The lowest BCUT2D eigenvalue weighted by Crippen LogP contribution is -2.30. The molecule has 2 heterocycles. The molecule has 0 aliphatic heterocycles. The summed E-state index contributed by atoms with van der Waals surface area (Å²) in [5.41, 5.74) is 2.14. The Balaban J connectivity index is 1.77. The SMILES string of the molecule is Cc1cc(C)n(-c2ccc(Cl)c(C(=O)OC(C)C(=O)Nc3ccccc3C#N)n2)n1. The van der Waals surface area contributed by atoms with Gasteiger partial charge in [0.1, 0.15) is 6.07 Å². The minimum atomic E-state index is -1.14. The fraction of sp³-hybridized carbons (Fsp3) is 0.190. The third-order valence-electron chi connectivity index (χ3n) is 4.21. The van der Waals surface area contributed by atoms with Gasteiger partial charge in [-0.3, -0.25) is 4.79 Å². The van der Waals surface area contributed by atoms with Crippen molar-refractivity contribution in [2.75, 3.05) is 5.32 Å². The summed E-state index contributed by atoms with van der Waals surface area (Å²) in [5, 5.41) is 16.1. The monoisotopic (exact) mass is 423 g/mol. The molecule has 1 unspecified atom stereocenters. The van der Waals surface area contributed by atoms with Gasteiger partial charge in [-0.25, -0.2) is 14.5 Å². The van der Waals surface area contributed by atoms with Crippen molar-refractivity contribution in [3.63, 3.8) is 0 Å². The number of para-hydroxylation sites is 1. The van der Waals surface area contributed by atoms with Gasteiger partial charge in [0.15, 0.2) is 17.6 Å². The molecule has 0 bridgehead atoms. The maximum absolute atomic E-state index is 12.6. The highest BCUT2D eigenvalue weighted by Gasteiger charge is 2.23. The molecule has 1 atom stereocenters. The first-order chi connectivity index (χ1) is 14.3. The van der Waals surface area contributed by atoms with Crippen molar-refractivity contribution in [3.8, 4) is 11.9 Å². The quantitative estimate of drug-likeness (QED) is 0.628. The summed E-state index contributed by atoms with van der Waals surface area (Å²) >= 11 is 6.13. The van der Waals surface area contributed by atoms with Crippen LogP contribution < -0.4 is 5.32 Å². The van der Waals surface area contributed by atoms with Crippen LogP contribution in [0.1, 0.15) is 34.4 Å². The van der Waals surface area contributed by atoms with Crippen LogP contribution in [0.25, 0.3) is 5.82 Å². The van der Waals surface area contributed by atoms with E-state index in [-0.39, 0.29) is 10.7 Å². The second-order valence-electron chi connectivity index (χ2n) is 6.53. The van der Waals surface area contributed by atoms with E-state index in [1.807, 2.05) is 26.0 Å². The number of nitrogens with zero attached hydrogens (tertiary/aromatic N) is 4. The average molecular weight is 424 g/mol. The van der Waals surface area contributed by atoms with Gasteiger partial charge in [0.2, 0.25) is 0 Å². The molecule has 30 heavy (non-hydrogen) atoms. The first kappa shape index (κ1) is 21.0. The van der Waals surface area contributed by atoms with Crippen LogP contribution in [0.4, 0.5) is 5.69 Å². The number of rotatable bonds is 5. The molecule has 1 amide bonds. The van der Waals surface area contributed by atoms with Gasteiger partial charge in [-0.05, 0) is 51.1 Å². The number of nitrogens with one attached hydrogen (secondary N) is 1. The number of hydrogen-bond donors (Lipinski definition) is 1. The minimum Gasteiger partial charge on any atom is -0.448 e.